The molecule has 2 aromatic rings. The molecule has 0 amide bonds. The van der Waals surface area contributed by atoms with Crippen molar-refractivity contribution in [3.05, 3.63) is 66.4 Å². The molecule has 0 radical (unpaired) electrons. The summed E-state index contributed by atoms with van der Waals surface area (Å²) in [5.41, 5.74) is 1.90. The van der Waals surface area contributed by atoms with E-state index in [1.807, 2.05) is 12.1 Å². The van der Waals surface area contributed by atoms with Gasteiger partial charge in [-0.2, -0.15) is 0 Å². The molecule has 0 atom stereocenters. The van der Waals surface area contributed by atoms with Gasteiger partial charge in [0.2, 0.25) is 0 Å². The fourth-order valence-corrected chi connectivity index (χ4v) is 2.63. The van der Waals surface area contributed by atoms with E-state index in [4.69, 9.17) is 9.47 Å². The summed E-state index contributed by atoms with van der Waals surface area (Å²) in [5, 5.41) is 0. The summed E-state index contributed by atoms with van der Waals surface area (Å²) in [6.07, 6.45) is 5.06. The van der Waals surface area contributed by atoms with Gasteiger partial charge in [-0.25, -0.2) is 8.78 Å². The second kappa shape index (κ2) is 7.64. The highest BCUT2D eigenvalue weighted by Gasteiger charge is 2.23. The van der Waals surface area contributed by atoms with Crippen LogP contribution in [0.15, 0.2) is 49.2 Å². The normalized spacial score (nSPS) is 20.8. The Labute approximate surface area is 139 Å². The number of hydrogen-bond acceptors (Lipinski definition) is 3. The van der Waals surface area contributed by atoms with Crippen molar-refractivity contribution in [2.75, 3.05) is 13.2 Å². The molecule has 1 aromatic carbocycles. The maximum absolute atomic E-state index is 13.3. The number of allylic oxidation sites excluding steroid dienone is 1. The van der Waals surface area contributed by atoms with E-state index in [1.54, 1.807) is 12.3 Å². The van der Waals surface area contributed by atoms with Crippen LogP contribution in [0.25, 0.3) is 11.3 Å². The second-order valence-corrected chi connectivity index (χ2v) is 5.84. The molecule has 0 N–H and O–H groups in total. The number of benzene rings is 1. The number of hydrogen-bond donors (Lipinski definition) is 0. The third-order valence-corrected chi connectivity index (χ3v) is 4.02. The van der Waals surface area contributed by atoms with Gasteiger partial charge in [-0.15, -0.1) is 6.58 Å². The molecule has 1 aromatic heterocycles. The average molecular weight is 331 g/mol. The van der Waals surface area contributed by atoms with Crippen LogP contribution >= 0.6 is 0 Å². The summed E-state index contributed by atoms with van der Waals surface area (Å²) in [7, 11) is 0. The van der Waals surface area contributed by atoms with E-state index in [2.05, 4.69) is 11.6 Å². The van der Waals surface area contributed by atoms with Crippen molar-refractivity contribution in [3.8, 4) is 11.3 Å². The lowest BCUT2D eigenvalue weighted by Gasteiger charge is -2.29. The minimum absolute atomic E-state index is 0.383. The van der Waals surface area contributed by atoms with Gasteiger partial charge in [0.15, 0.2) is 17.9 Å². The fourth-order valence-electron chi connectivity index (χ4n) is 2.63. The van der Waals surface area contributed by atoms with Crippen LogP contribution in [0.4, 0.5) is 8.78 Å². The Hall–Kier alpha value is -2.11. The van der Waals surface area contributed by atoms with E-state index in [1.165, 1.54) is 6.07 Å². The van der Waals surface area contributed by atoms with Crippen molar-refractivity contribution in [2.45, 2.75) is 19.1 Å². The highest BCUT2D eigenvalue weighted by atomic mass is 19.2. The molecule has 3 nitrogen and oxygen atoms in total. The second-order valence-electron chi connectivity index (χ2n) is 5.84. The molecule has 0 spiro atoms. The van der Waals surface area contributed by atoms with E-state index in [0.717, 1.165) is 30.5 Å². The third-order valence-electron chi connectivity index (χ3n) is 4.02. The van der Waals surface area contributed by atoms with Crippen LogP contribution in [0.1, 0.15) is 24.7 Å². The molecule has 0 aliphatic carbocycles. The highest BCUT2D eigenvalue weighted by molar-refractivity contribution is 5.59. The van der Waals surface area contributed by atoms with Crippen molar-refractivity contribution >= 4 is 0 Å². The molecule has 0 saturated carbocycles. The quantitative estimate of drug-likeness (QED) is 0.747. The average Bonchev–Trinajstić information content (AvgIpc) is 2.63. The highest BCUT2D eigenvalue weighted by Crippen LogP contribution is 2.28. The van der Waals surface area contributed by atoms with Crippen molar-refractivity contribution in [1.29, 1.82) is 0 Å². The van der Waals surface area contributed by atoms with Crippen molar-refractivity contribution in [2.24, 2.45) is 5.92 Å². The minimum Gasteiger partial charge on any atom is -0.348 e. The number of aromatic nitrogens is 1. The van der Waals surface area contributed by atoms with Crippen LogP contribution in [0, 0.1) is 17.6 Å². The SMILES string of the molecule is C=CCC[C@H]1CO[C@H](c2ccc(-c3ccc(F)c(F)c3)nc2)OC1. The molecule has 2 heterocycles. The molecule has 1 aliphatic heterocycles. The molecular weight excluding hydrogens is 312 g/mol. The molecule has 3 rings (SSSR count). The number of halogens is 2. The van der Waals surface area contributed by atoms with Crippen molar-refractivity contribution < 1.29 is 18.3 Å². The summed E-state index contributed by atoms with van der Waals surface area (Å²) >= 11 is 0. The van der Waals surface area contributed by atoms with Gasteiger partial charge in [0.05, 0.1) is 18.9 Å². The molecule has 5 heteroatoms. The maximum atomic E-state index is 13.3. The van der Waals surface area contributed by atoms with Crippen molar-refractivity contribution in [3.63, 3.8) is 0 Å². The van der Waals surface area contributed by atoms with Crippen LogP contribution in [0.2, 0.25) is 0 Å². The zero-order chi connectivity index (χ0) is 16.9. The molecule has 0 unspecified atom stereocenters. The first-order valence-corrected chi connectivity index (χ1v) is 7.93. The standard InChI is InChI=1S/C19H19F2NO2/c1-2-3-4-13-11-23-19(24-12-13)15-6-8-18(22-10-15)14-5-7-16(20)17(21)9-14/h2,5-10,13,19H,1,3-4,11-12H2/t13-,19-. The Morgan fingerprint density at radius 2 is 1.92 bits per heavy atom. The van der Waals surface area contributed by atoms with Crippen LogP contribution in [0.5, 0.6) is 0 Å². The first-order valence-electron chi connectivity index (χ1n) is 7.93. The smallest absolute Gasteiger partial charge is 0.185 e. The maximum Gasteiger partial charge on any atom is 0.185 e. The van der Waals surface area contributed by atoms with E-state index in [9.17, 15) is 8.78 Å². The molecule has 24 heavy (non-hydrogen) atoms. The summed E-state index contributed by atoms with van der Waals surface area (Å²) in [5.74, 6) is -1.37. The van der Waals surface area contributed by atoms with Gasteiger partial charge in [0.25, 0.3) is 0 Å². The lowest BCUT2D eigenvalue weighted by Crippen LogP contribution is -2.27. The predicted octanol–water partition coefficient (Wildman–Crippen LogP) is 4.65. The van der Waals surface area contributed by atoms with E-state index < -0.39 is 17.9 Å². The lowest BCUT2D eigenvalue weighted by molar-refractivity contribution is -0.205. The predicted molar refractivity (Wildman–Crippen MR) is 87.2 cm³/mol. The Balaban J connectivity index is 1.65. The van der Waals surface area contributed by atoms with Gasteiger partial charge < -0.3 is 9.47 Å². The van der Waals surface area contributed by atoms with Gasteiger partial charge in [0, 0.05) is 23.2 Å². The zero-order valence-corrected chi connectivity index (χ0v) is 13.3. The van der Waals surface area contributed by atoms with Gasteiger partial charge in [-0.05, 0) is 37.1 Å². The lowest BCUT2D eigenvalue weighted by atomic mass is 10.0. The number of ether oxygens (including phenoxy) is 2. The Morgan fingerprint density at radius 3 is 2.54 bits per heavy atom. The topological polar surface area (TPSA) is 31.4 Å². The Kier molecular flexibility index (Phi) is 5.33. The number of pyridine rings is 1. The molecule has 126 valence electrons. The fraction of sp³-hybridized carbons (Fsp3) is 0.316. The molecule has 1 aliphatic rings. The largest absolute Gasteiger partial charge is 0.348 e. The van der Waals surface area contributed by atoms with Crippen LogP contribution in [0.3, 0.4) is 0 Å². The summed E-state index contributed by atoms with van der Waals surface area (Å²) in [4.78, 5) is 4.30. The van der Waals surface area contributed by atoms with Gasteiger partial charge in [0.1, 0.15) is 0 Å². The van der Waals surface area contributed by atoms with Crippen LogP contribution in [-0.4, -0.2) is 18.2 Å². The first-order chi connectivity index (χ1) is 11.7. The molecule has 1 saturated heterocycles. The number of rotatable bonds is 5. The first kappa shape index (κ1) is 16.7. The van der Waals surface area contributed by atoms with Crippen molar-refractivity contribution in [1.82, 2.24) is 4.98 Å². The third kappa shape index (κ3) is 3.86. The van der Waals surface area contributed by atoms with E-state index in [0.29, 0.717) is 30.4 Å². The number of nitrogens with zero attached hydrogens (tertiary/aromatic N) is 1. The van der Waals surface area contributed by atoms with Gasteiger partial charge >= 0.3 is 0 Å². The van der Waals surface area contributed by atoms with Gasteiger partial charge in [-0.1, -0.05) is 12.1 Å². The van der Waals surface area contributed by atoms with E-state index >= 15 is 0 Å². The molecular formula is C19H19F2NO2. The summed E-state index contributed by atoms with van der Waals surface area (Å²) in [6.45, 7) is 5.00. The Morgan fingerprint density at radius 1 is 1.12 bits per heavy atom. The van der Waals surface area contributed by atoms with Crippen LogP contribution < -0.4 is 0 Å². The monoisotopic (exact) mass is 331 g/mol. The Bertz CT molecular complexity index is 695. The summed E-state index contributed by atoms with van der Waals surface area (Å²) < 4.78 is 37.8. The van der Waals surface area contributed by atoms with E-state index in [-0.39, 0.29) is 0 Å². The zero-order valence-electron chi connectivity index (χ0n) is 13.3. The van der Waals surface area contributed by atoms with Crippen LogP contribution in [-0.2, 0) is 9.47 Å². The summed E-state index contributed by atoms with van der Waals surface area (Å²) in [6, 6.07) is 7.31. The molecule has 1 fully saturated rings. The molecule has 0 bridgehead atoms. The van der Waals surface area contributed by atoms with Gasteiger partial charge in [-0.3, -0.25) is 4.98 Å². The minimum atomic E-state index is -0.886.